The van der Waals surface area contributed by atoms with E-state index in [0.717, 1.165) is 24.0 Å². The number of rotatable bonds is 5. The molecule has 1 saturated heterocycles. The molecule has 2 heterocycles. The number of nitrogen functional groups attached to an aromatic ring is 1. The van der Waals surface area contributed by atoms with Crippen molar-refractivity contribution in [1.82, 2.24) is 10.2 Å². The molecule has 1 fully saturated rings. The van der Waals surface area contributed by atoms with Crippen LogP contribution in [-0.4, -0.2) is 60.0 Å². The molecule has 1 aromatic rings. The van der Waals surface area contributed by atoms with Gasteiger partial charge in [-0.3, -0.25) is 4.79 Å². The Morgan fingerprint density at radius 2 is 2.11 bits per heavy atom. The van der Waals surface area contributed by atoms with Gasteiger partial charge in [-0.25, -0.2) is 4.39 Å². The topological polar surface area (TPSA) is 87.8 Å². The van der Waals surface area contributed by atoms with E-state index in [-0.39, 0.29) is 12.5 Å². The SMILES string of the molecule is Cc1cc(C(=O)NCC2(F)CCN(CC(C)(C)O)CC2)c2c(c1N)CCCO2. The first-order chi connectivity index (χ1) is 13.1. The zero-order valence-electron chi connectivity index (χ0n) is 17.1. The van der Waals surface area contributed by atoms with Gasteiger partial charge in [0.25, 0.3) is 5.91 Å². The van der Waals surface area contributed by atoms with Gasteiger partial charge in [0, 0.05) is 30.9 Å². The molecule has 1 amide bonds. The first-order valence-corrected chi connectivity index (χ1v) is 10.0. The van der Waals surface area contributed by atoms with E-state index < -0.39 is 11.3 Å². The lowest BCUT2D eigenvalue weighted by atomic mass is 9.92. The lowest BCUT2D eigenvalue weighted by molar-refractivity contribution is -0.000333. The molecule has 0 bridgehead atoms. The van der Waals surface area contributed by atoms with E-state index >= 15 is 4.39 Å². The zero-order valence-corrected chi connectivity index (χ0v) is 17.1. The van der Waals surface area contributed by atoms with Gasteiger partial charge in [0.15, 0.2) is 0 Å². The van der Waals surface area contributed by atoms with Gasteiger partial charge in [0.05, 0.1) is 24.3 Å². The quantitative estimate of drug-likeness (QED) is 0.668. The Labute approximate surface area is 166 Å². The number of hydrogen-bond donors (Lipinski definition) is 3. The van der Waals surface area contributed by atoms with Crippen molar-refractivity contribution in [2.45, 2.75) is 57.7 Å². The average molecular weight is 394 g/mol. The molecule has 7 heteroatoms. The number of aliphatic hydroxyl groups is 1. The van der Waals surface area contributed by atoms with Crippen molar-refractivity contribution in [3.05, 3.63) is 22.8 Å². The van der Waals surface area contributed by atoms with Crippen LogP contribution in [0.2, 0.25) is 0 Å². The molecule has 3 rings (SSSR count). The van der Waals surface area contributed by atoms with Crippen molar-refractivity contribution in [1.29, 1.82) is 0 Å². The summed E-state index contributed by atoms with van der Waals surface area (Å²) >= 11 is 0. The van der Waals surface area contributed by atoms with Crippen LogP contribution in [0.1, 0.15) is 54.6 Å². The van der Waals surface area contributed by atoms with E-state index in [1.54, 1.807) is 19.9 Å². The molecule has 2 aliphatic heterocycles. The number of halogens is 1. The van der Waals surface area contributed by atoms with Crippen LogP contribution >= 0.6 is 0 Å². The van der Waals surface area contributed by atoms with Gasteiger partial charge in [-0.1, -0.05) is 0 Å². The zero-order chi connectivity index (χ0) is 20.5. The third-order valence-electron chi connectivity index (χ3n) is 5.62. The molecule has 156 valence electrons. The number of likely N-dealkylation sites (tertiary alicyclic amines) is 1. The molecule has 0 atom stereocenters. The fourth-order valence-corrected chi connectivity index (χ4v) is 4.06. The van der Waals surface area contributed by atoms with Crippen LogP contribution in [0, 0.1) is 6.92 Å². The fraction of sp³-hybridized carbons (Fsp3) is 0.667. The molecule has 0 aromatic heterocycles. The van der Waals surface area contributed by atoms with E-state index in [9.17, 15) is 9.90 Å². The number of ether oxygens (including phenoxy) is 1. The predicted molar refractivity (Wildman–Crippen MR) is 108 cm³/mol. The molecule has 0 radical (unpaired) electrons. The van der Waals surface area contributed by atoms with Gasteiger partial charge in [0.2, 0.25) is 0 Å². The van der Waals surface area contributed by atoms with E-state index in [1.165, 1.54) is 0 Å². The maximum Gasteiger partial charge on any atom is 0.255 e. The molecular weight excluding hydrogens is 361 g/mol. The van der Waals surface area contributed by atoms with Crippen LogP contribution in [0.4, 0.5) is 10.1 Å². The molecule has 6 nitrogen and oxygen atoms in total. The maximum absolute atomic E-state index is 15.2. The number of piperidine rings is 1. The summed E-state index contributed by atoms with van der Waals surface area (Å²) in [5.41, 5.74) is 6.74. The van der Waals surface area contributed by atoms with Gasteiger partial charge in [-0.2, -0.15) is 0 Å². The second kappa shape index (κ2) is 7.87. The molecule has 0 unspecified atom stereocenters. The largest absolute Gasteiger partial charge is 0.492 e. The Hall–Kier alpha value is -1.86. The number of anilines is 1. The normalized spacial score (nSPS) is 19.6. The highest BCUT2D eigenvalue weighted by atomic mass is 19.1. The Bertz CT molecular complexity index is 737. The molecule has 4 N–H and O–H groups in total. The van der Waals surface area contributed by atoms with E-state index in [0.29, 0.717) is 56.1 Å². The lowest BCUT2D eigenvalue weighted by Gasteiger charge is -2.38. The minimum absolute atomic E-state index is 0.0274. The number of carbonyl (C=O) groups is 1. The van der Waals surface area contributed by atoms with Gasteiger partial charge in [-0.05, 0) is 58.1 Å². The summed E-state index contributed by atoms with van der Waals surface area (Å²) in [6, 6.07) is 1.73. The Kier molecular flexibility index (Phi) is 5.87. The monoisotopic (exact) mass is 393 g/mol. The fourth-order valence-electron chi connectivity index (χ4n) is 4.06. The average Bonchev–Trinajstić information content (AvgIpc) is 2.64. The summed E-state index contributed by atoms with van der Waals surface area (Å²) < 4.78 is 20.9. The molecule has 0 aliphatic carbocycles. The van der Waals surface area contributed by atoms with Crippen molar-refractivity contribution in [2.75, 3.05) is 38.5 Å². The third-order valence-corrected chi connectivity index (χ3v) is 5.62. The number of nitrogens with two attached hydrogens (primary N) is 1. The van der Waals surface area contributed by atoms with E-state index in [4.69, 9.17) is 10.5 Å². The first kappa shape index (κ1) is 20.9. The highest BCUT2D eigenvalue weighted by molar-refractivity contribution is 5.98. The molecule has 1 aromatic carbocycles. The lowest BCUT2D eigenvalue weighted by Crippen LogP contribution is -2.50. The Morgan fingerprint density at radius 3 is 2.75 bits per heavy atom. The molecule has 28 heavy (non-hydrogen) atoms. The van der Waals surface area contributed by atoms with Crippen LogP contribution in [0.15, 0.2) is 6.07 Å². The number of carbonyl (C=O) groups excluding carboxylic acids is 1. The smallest absolute Gasteiger partial charge is 0.255 e. The van der Waals surface area contributed by atoms with Crippen LogP contribution in [-0.2, 0) is 6.42 Å². The van der Waals surface area contributed by atoms with Crippen molar-refractivity contribution in [3.63, 3.8) is 0 Å². The number of nitrogens with zero attached hydrogens (tertiary/aromatic N) is 1. The molecule has 0 saturated carbocycles. The summed E-state index contributed by atoms with van der Waals surface area (Å²) in [5.74, 6) is 0.219. The minimum Gasteiger partial charge on any atom is -0.492 e. The predicted octanol–water partition coefficient (Wildman–Crippen LogP) is 2.21. The number of benzene rings is 1. The van der Waals surface area contributed by atoms with Crippen molar-refractivity contribution in [3.8, 4) is 5.75 Å². The standard InChI is InChI=1S/C21H32FN3O3/c1-14-11-16(18-15(17(14)23)5-4-10-28-18)19(26)24-12-21(22)6-8-25(9-7-21)13-20(2,3)27/h11,27H,4-10,12-13,23H2,1-3H3,(H,24,26). The summed E-state index contributed by atoms with van der Waals surface area (Å²) in [5, 5.41) is 12.7. The molecular formula is C21H32FN3O3. The number of alkyl halides is 1. The number of fused-ring (bicyclic) bond motifs is 1. The number of aryl methyl sites for hydroxylation is 1. The maximum atomic E-state index is 15.2. The van der Waals surface area contributed by atoms with E-state index in [2.05, 4.69) is 10.2 Å². The van der Waals surface area contributed by atoms with Crippen molar-refractivity contribution < 1.29 is 19.0 Å². The highest BCUT2D eigenvalue weighted by Gasteiger charge is 2.36. The molecule has 2 aliphatic rings. The summed E-state index contributed by atoms with van der Waals surface area (Å²) in [6.45, 7) is 7.55. The van der Waals surface area contributed by atoms with Gasteiger partial charge < -0.3 is 25.8 Å². The van der Waals surface area contributed by atoms with Crippen LogP contribution in [0.25, 0.3) is 0 Å². The Morgan fingerprint density at radius 1 is 1.43 bits per heavy atom. The summed E-state index contributed by atoms with van der Waals surface area (Å²) in [4.78, 5) is 14.8. The second-order valence-electron chi connectivity index (χ2n) is 8.84. The van der Waals surface area contributed by atoms with Crippen LogP contribution < -0.4 is 15.8 Å². The van der Waals surface area contributed by atoms with Crippen molar-refractivity contribution >= 4 is 11.6 Å². The molecule has 0 spiro atoms. The minimum atomic E-state index is -1.43. The van der Waals surface area contributed by atoms with Gasteiger partial charge in [0.1, 0.15) is 11.4 Å². The first-order valence-electron chi connectivity index (χ1n) is 10.0. The summed E-state index contributed by atoms with van der Waals surface area (Å²) in [6.07, 6.45) is 2.32. The van der Waals surface area contributed by atoms with Crippen LogP contribution in [0.3, 0.4) is 0 Å². The highest BCUT2D eigenvalue weighted by Crippen LogP contribution is 2.36. The third kappa shape index (κ3) is 4.75. The van der Waals surface area contributed by atoms with Crippen molar-refractivity contribution in [2.24, 2.45) is 0 Å². The number of nitrogens with one attached hydrogen (secondary N) is 1. The van der Waals surface area contributed by atoms with Crippen LogP contribution in [0.5, 0.6) is 5.75 Å². The van der Waals surface area contributed by atoms with E-state index in [1.807, 2.05) is 6.92 Å². The van der Waals surface area contributed by atoms with Gasteiger partial charge in [-0.15, -0.1) is 0 Å². The number of hydrogen-bond acceptors (Lipinski definition) is 5. The second-order valence-corrected chi connectivity index (χ2v) is 8.84. The summed E-state index contributed by atoms with van der Waals surface area (Å²) in [7, 11) is 0. The Balaban J connectivity index is 1.63. The number of β-amino-alcohol motifs (C(OH)–C–C–N with tert-alkyl or cyclic N) is 1. The van der Waals surface area contributed by atoms with Gasteiger partial charge >= 0.3 is 0 Å². The number of amides is 1.